The van der Waals surface area contributed by atoms with E-state index in [4.69, 9.17) is 4.74 Å². The maximum atomic E-state index is 12.5. The van der Waals surface area contributed by atoms with Gasteiger partial charge in [-0.25, -0.2) is 4.98 Å². The molecular weight excluding hydrogens is 356 g/mol. The predicted octanol–water partition coefficient (Wildman–Crippen LogP) is 1.33. The first-order valence-corrected chi connectivity index (χ1v) is 9.33. The van der Waals surface area contributed by atoms with E-state index in [-0.39, 0.29) is 17.2 Å². The number of ether oxygens (including phenoxy) is 1. The number of pyridine rings is 1. The number of rotatable bonds is 5. The van der Waals surface area contributed by atoms with E-state index in [1.54, 1.807) is 24.4 Å². The second-order valence-corrected chi connectivity index (χ2v) is 6.83. The summed E-state index contributed by atoms with van der Waals surface area (Å²) < 4.78 is 7.15. The van der Waals surface area contributed by atoms with Gasteiger partial charge in [0.05, 0.1) is 12.7 Å². The van der Waals surface area contributed by atoms with E-state index < -0.39 is 5.91 Å². The lowest BCUT2D eigenvalue weighted by Gasteiger charge is -2.33. The molecule has 0 saturated carbocycles. The van der Waals surface area contributed by atoms with Crippen LogP contribution in [0.5, 0.6) is 0 Å². The minimum absolute atomic E-state index is 0.0284. The van der Waals surface area contributed by atoms with E-state index in [1.165, 1.54) is 16.2 Å². The van der Waals surface area contributed by atoms with Crippen LogP contribution in [0.25, 0.3) is 5.65 Å². The maximum absolute atomic E-state index is 12.5. The van der Waals surface area contributed by atoms with Crippen LogP contribution in [-0.4, -0.2) is 52.5 Å². The van der Waals surface area contributed by atoms with Gasteiger partial charge < -0.3 is 10.1 Å². The minimum Gasteiger partial charge on any atom is -0.374 e. The molecule has 1 aromatic carbocycles. The zero-order valence-corrected chi connectivity index (χ0v) is 15.5. The number of hydrogen-bond donors (Lipinski definition) is 1. The fourth-order valence-corrected chi connectivity index (χ4v) is 3.37. The molecule has 2 aromatic heterocycles. The Morgan fingerprint density at radius 1 is 1.18 bits per heavy atom. The van der Waals surface area contributed by atoms with Gasteiger partial charge in [0.25, 0.3) is 11.5 Å². The van der Waals surface area contributed by atoms with Gasteiger partial charge in [-0.15, -0.1) is 0 Å². The summed E-state index contributed by atoms with van der Waals surface area (Å²) in [6, 6.07) is 15.5. The molecule has 1 unspecified atom stereocenters. The first kappa shape index (κ1) is 18.3. The number of aromatic nitrogens is 2. The number of nitrogens with one attached hydrogen (secondary N) is 1. The monoisotopic (exact) mass is 378 g/mol. The maximum Gasteiger partial charge on any atom is 0.270 e. The van der Waals surface area contributed by atoms with Gasteiger partial charge in [-0.2, -0.15) is 0 Å². The fourth-order valence-electron chi connectivity index (χ4n) is 3.37. The number of hydrogen-bond acceptors (Lipinski definition) is 5. The second-order valence-electron chi connectivity index (χ2n) is 6.83. The number of carbonyl (C=O) groups excluding carboxylic acids is 1. The Morgan fingerprint density at radius 2 is 2.00 bits per heavy atom. The normalized spacial score (nSPS) is 17.5. The van der Waals surface area contributed by atoms with Crippen molar-refractivity contribution >= 4 is 11.6 Å². The summed E-state index contributed by atoms with van der Waals surface area (Å²) in [5.41, 5.74) is 1.41. The van der Waals surface area contributed by atoms with Gasteiger partial charge in [-0.05, 0) is 17.7 Å². The van der Waals surface area contributed by atoms with Crippen molar-refractivity contribution in [1.29, 1.82) is 0 Å². The van der Waals surface area contributed by atoms with Crippen molar-refractivity contribution in [3.8, 4) is 0 Å². The van der Waals surface area contributed by atoms with E-state index in [9.17, 15) is 9.59 Å². The molecule has 28 heavy (non-hydrogen) atoms. The van der Waals surface area contributed by atoms with Crippen LogP contribution in [-0.2, 0) is 11.3 Å². The number of amides is 1. The lowest BCUT2D eigenvalue weighted by atomic mass is 10.2. The number of benzene rings is 1. The summed E-state index contributed by atoms with van der Waals surface area (Å²) in [7, 11) is 0. The molecule has 1 saturated heterocycles. The van der Waals surface area contributed by atoms with Crippen LogP contribution in [0.2, 0.25) is 0 Å². The summed E-state index contributed by atoms with van der Waals surface area (Å²) in [5, 5.41) is 2.81. The lowest BCUT2D eigenvalue weighted by Crippen LogP contribution is -2.47. The Labute approximate surface area is 162 Å². The largest absolute Gasteiger partial charge is 0.374 e. The summed E-state index contributed by atoms with van der Waals surface area (Å²) in [5.74, 6) is -0.431. The molecule has 0 aliphatic carbocycles. The van der Waals surface area contributed by atoms with Gasteiger partial charge in [0, 0.05) is 38.6 Å². The highest BCUT2D eigenvalue weighted by atomic mass is 16.5. The quantitative estimate of drug-likeness (QED) is 0.725. The Balaban J connectivity index is 1.37. The number of nitrogens with zero attached hydrogens (tertiary/aromatic N) is 3. The average molecular weight is 378 g/mol. The highest BCUT2D eigenvalue weighted by Crippen LogP contribution is 2.10. The van der Waals surface area contributed by atoms with Gasteiger partial charge >= 0.3 is 0 Å². The molecule has 1 atom stereocenters. The molecule has 0 spiro atoms. The Morgan fingerprint density at radius 3 is 2.86 bits per heavy atom. The lowest BCUT2D eigenvalue weighted by molar-refractivity contribution is -0.0292. The molecule has 7 heteroatoms. The number of carbonyl (C=O) groups is 1. The van der Waals surface area contributed by atoms with Gasteiger partial charge in [0.1, 0.15) is 11.2 Å². The Kier molecular flexibility index (Phi) is 5.45. The SMILES string of the molecule is O=C(NCC1CN(Cc2ccccc2)CCO1)c1cnc2ccccn2c1=O. The van der Waals surface area contributed by atoms with Crippen LogP contribution in [0.1, 0.15) is 15.9 Å². The third-order valence-corrected chi connectivity index (χ3v) is 4.82. The first-order chi connectivity index (χ1) is 13.7. The average Bonchev–Trinajstić information content (AvgIpc) is 2.73. The molecule has 3 aromatic rings. The van der Waals surface area contributed by atoms with Crippen LogP contribution in [0.3, 0.4) is 0 Å². The fraction of sp³-hybridized carbons (Fsp3) is 0.286. The van der Waals surface area contributed by atoms with Gasteiger partial charge in [0.2, 0.25) is 0 Å². The molecular formula is C21H22N4O3. The van der Waals surface area contributed by atoms with E-state index >= 15 is 0 Å². The van der Waals surface area contributed by atoms with Gasteiger partial charge in [0.15, 0.2) is 0 Å². The molecule has 1 aliphatic rings. The molecule has 7 nitrogen and oxygen atoms in total. The zero-order valence-electron chi connectivity index (χ0n) is 15.5. The van der Waals surface area contributed by atoms with Crippen LogP contribution in [0, 0.1) is 0 Å². The molecule has 1 N–H and O–H groups in total. The van der Waals surface area contributed by atoms with Gasteiger partial charge in [-0.1, -0.05) is 36.4 Å². The van der Waals surface area contributed by atoms with Crippen LogP contribution in [0.15, 0.2) is 65.7 Å². The summed E-state index contributed by atoms with van der Waals surface area (Å²) in [6.45, 7) is 3.40. The van der Waals surface area contributed by atoms with E-state index in [2.05, 4.69) is 27.3 Å². The standard InChI is InChI=1S/C21H22N4O3/c26-20(18-13-22-19-8-4-5-9-25(19)21(18)27)23-12-17-15-24(10-11-28-17)14-16-6-2-1-3-7-16/h1-9,13,17H,10-12,14-15H2,(H,23,26). The van der Waals surface area contributed by atoms with Crippen molar-refractivity contribution in [2.24, 2.45) is 0 Å². The Bertz CT molecular complexity index is 1020. The molecule has 1 amide bonds. The summed E-state index contributed by atoms with van der Waals surface area (Å²) in [6.07, 6.45) is 2.82. The molecule has 0 bridgehead atoms. The molecule has 0 radical (unpaired) electrons. The van der Waals surface area contributed by atoms with Crippen molar-refractivity contribution in [1.82, 2.24) is 19.6 Å². The highest BCUT2D eigenvalue weighted by Gasteiger charge is 2.22. The third kappa shape index (κ3) is 4.11. The van der Waals surface area contributed by atoms with E-state index in [0.29, 0.717) is 18.8 Å². The summed E-state index contributed by atoms with van der Waals surface area (Å²) in [4.78, 5) is 31.5. The number of fused-ring (bicyclic) bond motifs is 1. The topological polar surface area (TPSA) is 75.9 Å². The molecule has 3 heterocycles. The van der Waals surface area contributed by atoms with Crippen LogP contribution in [0.4, 0.5) is 0 Å². The molecule has 1 fully saturated rings. The zero-order chi connectivity index (χ0) is 19.3. The van der Waals surface area contributed by atoms with Crippen molar-refractivity contribution < 1.29 is 9.53 Å². The van der Waals surface area contributed by atoms with Crippen molar-refractivity contribution in [2.45, 2.75) is 12.6 Å². The first-order valence-electron chi connectivity index (χ1n) is 9.33. The minimum atomic E-state index is -0.431. The van der Waals surface area contributed by atoms with Crippen LogP contribution < -0.4 is 10.9 Å². The summed E-state index contributed by atoms with van der Waals surface area (Å²) >= 11 is 0. The molecule has 144 valence electrons. The molecule has 1 aliphatic heterocycles. The van der Waals surface area contributed by atoms with E-state index in [0.717, 1.165) is 19.6 Å². The van der Waals surface area contributed by atoms with Gasteiger partial charge in [-0.3, -0.25) is 18.9 Å². The second kappa shape index (κ2) is 8.33. The van der Waals surface area contributed by atoms with Crippen molar-refractivity contribution in [3.05, 3.63) is 82.4 Å². The van der Waals surface area contributed by atoms with Crippen molar-refractivity contribution in [2.75, 3.05) is 26.2 Å². The Hall–Kier alpha value is -3.03. The highest BCUT2D eigenvalue weighted by molar-refractivity contribution is 5.93. The molecule has 4 rings (SSSR count). The number of morpholine rings is 1. The van der Waals surface area contributed by atoms with Crippen molar-refractivity contribution in [3.63, 3.8) is 0 Å². The van der Waals surface area contributed by atoms with Crippen LogP contribution >= 0.6 is 0 Å². The third-order valence-electron chi connectivity index (χ3n) is 4.82. The predicted molar refractivity (Wildman–Crippen MR) is 105 cm³/mol. The smallest absolute Gasteiger partial charge is 0.270 e. The van der Waals surface area contributed by atoms with E-state index in [1.807, 2.05) is 18.2 Å².